The molecule has 1 N–H and O–H groups in total. The molecule has 1 aliphatic rings. The van der Waals surface area contributed by atoms with Crippen molar-refractivity contribution in [3.8, 4) is 0 Å². The van der Waals surface area contributed by atoms with Crippen molar-refractivity contribution in [2.75, 3.05) is 19.6 Å². The van der Waals surface area contributed by atoms with Crippen molar-refractivity contribution in [2.24, 2.45) is 0 Å². The lowest BCUT2D eigenvalue weighted by molar-refractivity contribution is -0.138. The maximum absolute atomic E-state index is 12.8. The summed E-state index contributed by atoms with van der Waals surface area (Å²) in [7, 11) is 0. The zero-order valence-corrected chi connectivity index (χ0v) is 12.4. The standard InChI is InChI=1S/C13H14BrF3N2O/c1-8-7-19(5-4-18-8)12(20)9-2-3-11(14)10(6-9)13(15,16)17/h2-3,6,8,18H,4-5,7H2,1H3/t8-/m0/s1. The minimum absolute atomic E-state index is 0.0600. The van der Waals surface area contributed by atoms with Crippen molar-refractivity contribution in [2.45, 2.75) is 19.1 Å². The maximum atomic E-state index is 12.8. The molecule has 1 amide bonds. The van der Waals surface area contributed by atoms with Crippen molar-refractivity contribution in [1.29, 1.82) is 0 Å². The van der Waals surface area contributed by atoms with Crippen LogP contribution in [0.15, 0.2) is 22.7 Å². The van der Waals surface area contributed by atoms with Crippen LogP contribution in [0.3, 0.4) is 0 Å². The molecule has 0 unspecified atom stereocenters. The highest BCUT2D eigenvalue weighted by atomic mass is 79.9. The number of hydrogen-bond donors (Lipinski definition) is 1. The number of piperazine rings is 1. The Morgan fingerprint density at radius 1 is 1.45 bits per heavy atom. The number of alkyl halides is 3. The van der Waals surface area contributed by atoms with Crippen LogP contribution in [0.1, 0.15) is 22.8 Å². The SMILES string of the molecule is C[C@H]1CN(C(=O)c2ccc(Br)c(C(F)(F)F)c2)CCN1. The van der Waals surface area contributed by atoms with E-state index in [1.54, 1.807) is 4.90 Å². The number of amides is 1. The Morgan fingerprint density at radius 2 is 2.15 bits per heavy atom. The quantitative estimate of drug-likeness (QED) is 0.844. The monoisotopic (exact) mass is 350 g/mol. The first-order valence-corrected chi connectivity index (χ1v) is 6.97. The number of benzene rings is 1. The molecule has 0 radical (unpaired) electrons. The summed E-state index contributed by atoms with van der Waals surface area (Å²) in [6.07, 6.45) is -4.48. The third kappa shape index (κ3) is 3.32. The third-order valence-electron chi connectivity index (χ3n) is 3.17. The largest absolute Gasteiger partial charge is 0.417 e. The van der Waals surface area contributed by atoms with Gasteiger partial charge in [-0.1, -0.05) is 15.9 Å². The van der Waals surface area contributed by atoms with Crippen LogP contribution in [0.4, 0.5) is 13.2 Å². The van der Waals surface area contributed by atoms with Crippen LogP contribution in [0.25, 0.3) is 0 Å². The molecule has 1 atom stereocenters. The lowest BCUT2D eigenvalue weighted by atomic mass is 10.1. The van der Waals surface area contributed by atoms with Gasteiger partial charge in [-0.3, -0.25) is 4.79 Å². The average molecular weight is 351 g/mol. The molecule has 2 rings (SSSR count). The Morgan fingerprint density at radius 3 is 2.75 bits per heavy atom. The second-order valence-corrected chi connectivity index (χ2v) is 5.65. The number of rotatable bonds is 1. The van der Waals surface area contributed by atoms with E-state index in [0.29, 0.717) is 19.6 Å². The fourth-order valence-corrected chi connectivity index (χ4v) is 2.65. The molecule has 1 aliphatic heterocycles. The minimum Gasteiger partial charge on any atom is -0.336 e. The van der Waals surface area contributed by atoms with Gasteiger partial charge in [-0.05, 0) is 25.1 Å². The Balaban J connectivity index is 2.26. The number of carbonyl (C=O) groups is 1. The summed E-state index contributed by atoms with van der Waals surface area (Å²) in [5.41, 5.74) is -0.763. The highest BCUT2D eigenvalue weighted by Gasteiger charge is 2.34. The van der Waals surface area contributed by atoms with E-state index in [2.05, 4.69) is 21.2 Å². The van der Waals surface area contributed by atoms with Gasteiger partial charge in [-0.15, -0.1) is 0 Å². The van der Waals surface area contributed by atoms with E-state index in [4.69, 9.17) is 0 Å². The minimum atomic E-state index is -4.48. The maximum Gasteiger partial charge on any atom is 0.417 e. The zero-order chi connectivity index (χ0) is 14.9. The highest BCUT2D eigenvalue weighted by molar-refractivity contribution is 9.10. The fraction of sp³-hybridized carbons (Fsp3) is 0.462. The Kier molecular flexibility index (Phi) is 4.39. The lowest BCUT2D eigenvalue weighted by Gasteiger charge is -2.32. The average Bonchev–Trinajstić information content (AvgIpc) is 2.37. The molecule has 0 aliphatic carbocycles. The fourth-order valence-electron chi connectivity index (χ4n) is 2.17. The van der Waals surface area contributed by atoms with Gasteiger partial charge in [0.1, 0.15) is 0 Å². The van der Waals surface area contributed by atoms with Crippen LogP contribution in [0.5, 0.6) is 0 Å². The Hall–Kier alpha value is -1.08. The normalized spacial score (nSPS) is 20.1. The van der Waals surface area contributed by atoms with Gasteiger partial charge >= 0.3 is 6.18 Å². The molecule has 110 valence electrons. The van der Waals surface area contributed by atoms with Crippen LogP contribution in [0, 0.1) is 0 Å². The molecule has 1 fully saturated rings. The second-order valence-electron chi connectivity index (χ2n) is 4.80. The summed E-state index contributed by atoms with van der Waals surface area (Å²) in [5, 5.41) is 3.18. The summed E-state index contributed by atoms with van der Waals surface area (Å²) in [6, 6.07) is 3.72. The van der Waals surface area contributed by atoms with E-state index in [9.17, 15) is 18.0 Å². The Labute approximate surface area is 123 Å². The molecule has 7 heteroatoms. The number of nitrogens with one attached hydrogen (secondary N) is 1. The summed E-state index contributed by atoms with van der Waals surface area (Å²) in [5.74, 6) is -0.364. The topological polar surface area (TPSA) is 32.3 Å². The predicted molar refractivity (Wildman–Crippen MR) is 72.5 cm³/mol. The van der Waals surface area contributed by atoms with E-state index < -0.39 is 11.7 Å². The van der Waals surface area contributed by atoms with E-state index in [-0.39, 0.29) is 22.0 Å². The van der Waals surface area contributed by atoms with E-state index in [1.165, 1.54) is 12.1 Å². The van der Waals surface area contributed by atoms with Crippen molar-refractivity contribution in [1.82, 2.24) is 10.2 Å². The molecule has 20 heavy (non-hydrogen) atoms. The van der Waals surface area contributed by atoms with E-state index >= 15 is 0 Å². The molecular weight excluding hydrogens is 337 g/mol. The van der Waals surface area contributed by atoms with Crippen LogP contribution in [-0.2, 0) is 6.18 Å². The van der Waals surface area contributed by atoms with Crippen molar-refractivity contribution in [3.63, 3.8) is 0 Å². The molecule has 0 spiro atoms. The van der Waals surface area contributed by atoms with Gasteiger partial charge in [-0.25, -0.2) is 0 Å². The van der Waals surface area contributed by atoms with Gasteiger partial charge in [-0.2, -0.15) is 13.2 Å². The molecule has 1 heterocycles. The zero-order valence-electron chi connectivity index (χ0n) is 10.8. The van der Waals surface area contributed by atoms with Gasteiger partial charge in [0.05, 0.1) is 5.56 Å². The van der Waals surface area contributed by atoms with Gasteiger partial charge in [0.25, 0.3) is 5.91 Å². The molecule has 1 aromatic carbocycles. The van der Waals surface area contributed by atoms with Crippen molar-refractivity contribution < 1.29 is 18.0 Å². The first-order chi connectivity index (χ1) is 9.29. The molecule has 3 nitrogen and oxygen atoms in total. The lowest BCUT2D eigenvalue weighted by Crippen LogP contribution is -2.51. The van der Waals surface area contributed by atoms with Crippen LogP contribution >= 0.6 is 15.9 Å². The number of nitrogens with zero attached hydrogens (tertiary/aromatic N) is 1. The van der Waals surface area contributed by atoms with Gasteiger partial charge in [0.2, 0.25) is 0 Å². The summed E-state index contributed by atoms with van der Waals surface area (Å²) >= 11 is 2.87. The molecule has 0 bridgehead atoms. The van der Waals surface area contributed by atoms with Crippen molar-refractivity contribution in [3.05, 3.63) is 33.8 Å². The van der Waals surface area contributed by atoms with Gasteiger partial charge in [0, 0.05) is 35.7 Å². The second kappa shape index (κ2) is 5.73. The number of carbonyl (C=O) groups excluding carboxylic acids is 1. The summed E-state index contributed by atoms with van der Waals surface area (Å²) < 4.78 is 38.4. The molecule has 1 aromatic rings. The van der Waals surface area contributed by atoms with Gasteiger partial charge < -0.3 is 10.2 Å². The number of halogens is 4. The predicted octanol–water partition coefficient (Wildman–Crippen LogP) is 2.90. The summed E-state index contributed by atoms with van der Waals surface area (Å²) in [6.45, 7) is 3.58. The molecular formula is C13H14BrF3N2O. The first kappa shape index (κ1) is 15.3. The third-order valence-corrected chi connectivity index (χ3v) is 3.87. The van der Waals surface area contributed by atoms with E-state index in [0.717, 1.165) is 6.07 Å². The van der Waals surface area contributed by atoms with Crippen LogP contribution in [-0.4, -0.2) is 36.5 Å². The highest BCUT2D eigenvalue weighted by Crippen LogP contribution is 2.35. The molecule has 0 aromatic heterocycles. The smallest absolute Gasteiger partial charge is 0.336 e. The first-order valence-electron chi connectivity index (χ1n) is 6.18. The van der Waals surface area contributed by atoms with Gasteiger partial charge in [0.15, 0.2) is 0 Å². The molecule has 1 saturated heterocycles. The van der Waals surface area contributed by atoms with E-state index in [1.807, 2.05) is 6.92 Å². The van der Waals surface area contributed by atoms with Crippen LogP contribution < -0.4 is 5.32 Å². The Bertz CT molecular complexity index is 519. The van der Waals surface area contributed by atoms with Crippen molar-refractivity contribution >= 4 is 21.8 Å². The van der Waals surface area contributed by atoms with Crippen LogP contribution in [0.2, 0.25) is 0 Å². The summed E-state index contributed by atoms with van der Waals surface area (Å²) in [4.78, 5) is 13.8. The number of hydrogen-bond acceptors (Lipinski definition) is 2. The molecule has 0 saturated carbocycles.